The van der Waals surface area contributed by atoms with E-state index in [0.29, 0.717) is 5.56 Å². The maximum Gasteiger partial charge on any atom is 0.335 e. The molecule has 0 bridgehead atoms. The molecule has 0 aromatic heterocycles. The zero-order chi connectivity index (χ0) is 10.7. The van der Waals surface area contributed by atoms with Crippen molar-refractivity contribution in [3.05, 3.63) is 35.4 Å². The van der Waals surface area contributed by atoms with Gasteiger partial charge in [-0.15, -0.1) is 0 Å². The van der Waals surface area contributed by atoms with Crippen LogP contribution >= 0.6 is 0 Å². The van der Waals surface area contributed by atoms with Crippen LogP contribution in [0.4, 0.5) is 0 Å². The highest BCUT2D eigenvalue weighted by atomic mass is 32.2. The smallest absolute Gasteiger partial charge is 0.335 e. The van der Waals surface area contributed by atoms with E-state index in [1.165, 1.54) is 25.1 Å². The predicted molar refractivity (Wildman–Crippen MR) is 52.1 cm³/mol. The SMILES string of the molecule is CC(c1cccc(C(=O)O)c1)=S(=O)=O. The third kappa shape index (κ3) is 2.20. The first kappa shape index (κ1) is 10.5. The average molecular weight is 212 g/mol. The van der Waals surface area contributed by atoms with Gasteiger partial charge < -0.3 is 5.11 Å². The van der Waals surface area contributed by atoms with Gasteiger partial charge in [0.1, 0.15) is 0 Å². The lowest BCUT2D eigenvalue weighted by molar-refractivity contribution is 0.0697. The number of carbonyl (C=O) groups is 1. The Morgan fingerprint density at radius 1 is 1.29 bits per heavy atom. The van der Waals surface area contributed by atoms with E-state index in [1.807, 2.05) is 0 Å². The van der Waals surface area contributed by atoms with E-state index in [4.69, 9.17) is 5.11 Å². The van der Waals surface area contributed by atoms with Crippen LogP contribution in [0, 0.1) is 0 Å². The number of hydrogen-bond acceptors (Lipinski definition) is 3. The van der Waals surface area contributed by atoms with Gasteiger partial charge >= 0.3 is 5.97 Å². The Labute approximate surface area is 82.3 Å². The molecule has 0 aliphatic rings. The molecule has 1 aromatic carbocycles. The monoisotopic (exact) mass is 212 g/mol. The molecule has 0 spiro atoms. The van der Waals surface area contributed by atoms with Gasteiger partial charge in [-0.25, -0.2) is 4.79 Å². The Balaban J connectivity index is 3.33. The molecule has 0 aliphatic heterocycles. The minimum Gasteiger partial charge on any atom is -0.478 e. The molecule has 1 aromatic rings. The van der Waals surface area contributed by atoms with Crippen LogP contribution in [-0.2, 0) is 10.3 Å². The van der Waals surface area contributed by atoms with Crippen LogP contribution in [-0.4, -0.2) is 24.4 Å². The molecule has 1 N–H and O–H groups in total. The maximum atomic E-state index is 10.6. The van der Waals surface area contributed by atoms with Crippen molar-refractivity contribution < 1.29 is 18.3 Å². The molecule has 0 unspecified atom stereocenters. The summed E-state index contributed by atoms with van der Waals surface area (Å²) in [5.74, 6) is -1.07. The predicted octanol–water partition coefficient (Wildman–Crippen LogP) is 0.804. The number of aromatic carboxylic acids is 1. The van der Waals surface area contributed by atoms with E-state index in [9.17, 15) is 13.2 Å². The van der Waals surface area contributed by atoms with Gasteiger partial charge in [-0.05, 0) is 24.6 Å². The Morgan fingerprint density at radius 3 is 2.36 bits per heavy atom. The van der Waals surface area contributed by atoms with Crippen molar-refractivity contribution in [2.45, 2.75) is 6.92 Å². The van der Waals surface area contributed by atoms with Gasteiger partial charge in [0.2, 0.25) is 10.3 Å². The standard InChI is InChI=1S/C9H8O4S/c1-6(14(12)13)7-3-2-4-8(5-7)9(10)11/h2-5H,1H3,(H,10,11). The second-order valence-electron chi connectivity index (χ2n) is 2.68. The highest BCUT2D eigenvalue weighted by molar-refractivity contribution is 7.73. The third-order valence-electron chi connectivity index (χ3n) is 1.77. The molecular formula is C9H8O4S. The topological polar surface area (TPSA) is 71.4 Å². The van der Waals surface area contributed by atoms with Gasteiger partial charge in [-0.1, -0.05) is 12.1 Å². The van der Waals surface area contributed by atoms with Gasteiger partial charge in [0.25, 0.3) is 0 Å². The van der Waals surface area contributed by atoms with Crippen LogP contribution in [0.15, 0.2) is 24.3 Å². The fourth-order valence-electron chi connectivity index (χ4n) is 0.967. The van der Waals surface area contributed by atoms with Crippen molar-refractivity contribution in [2.24, 2.45) is 0 Å². The quantitative estimate of drug-likeness (QED) is 0.581. The molecule has 0 heterocycles. The van der Waals surface area contributed by atoms with Crippen LogP contribution < -0.4 is 0 Å². The van der Waals surface area contributed by atoms with Gasteiger partial charge in [0.15, 0.2) is 0 Å². The van der Waals surface area contributed by atoms with Crippen LogP contribution in [0.2, 0.25) is 0 Å². The number of benzene rings is 1. The Bertz CT molecular complexity index is 491. The lowest BCUT2D eigenvalue weighted by atomic mass is 10.1. The Morgan fingerprint density at radius 2 is 1.86 bits per heavy atom. The molecule has 0 atom stereocenters. The first-order chi connectivity index (χ1) is 6.52. The number of rotatable bonds is 2. The summed E-state index contributed by atoms with van der Waals surface area (Å²) < 4.78 is 21.2. The van der Waals surface area contributed by atoms with Gasteiger partial charge in [0.05, 0.1) is 10.4 Å². The minimum atomic E-state index is -2.31. The fraction of sp³-hybridized carbons (Fsp3) is 0.111. The minimum absolute atomic E-state index is 0.0762. The van der Waals surface area contributed by atoms with Gasteiger partial charge in [-0.2, -0.15) is 8.42 Å². The normalized spacial score (nSPS) is 9.50. The van der Waals surface area contributed by atoms with Crippen LogP contribution in [0.3, 0.4) is 0 Å². The lowest BCUT2D eigenvalue weighted by Crippen LogP contribution is -2.01. The van der Waals surface area contributed by atoms with E-state index >= 15 is 0 Å². The molecule has 0 saturated heterocycles. The molecular weight excluding hydrogens is 204 g/mol. The van der Waals surface area contributed by atoms with Crippen LogP contribution in [0.5, 0.6) is 0 Å². The number of carboxylic acids is 1. The first-order valence-corrected chi connectivity index (χ1v) is 4.86. The second-order valence-corrected chi connectivity index (χ2v) is 3.76. The third-order valence-corrected chi connectivity index (χ3v) is 2.50. The summed E-state index contributed by atoms with van der Waals surface area (Å²) in [5.41, 5.74) is 0.477. The molecule has 0 saturated carbocycles. The summed E-state index contributed by atoms with van der Waals surface area (Å²) in [6.07, 6.45) is 0. The van der Waals surface area contributed by atoms with Gasteiger partial charge in [0, 0.05) is 0 Å². The van der Waals surface area contributed by atoms with E-state index < -0.39 is 16.3 Å². The average Bonchev–Trinajstić information content (AvgIpc) is 2.16. The van der Waals surface area contributed by atoms with E-state index in [2.05, 4.69) is 0 Å². The van der Waals surface area contributed by atoms with Crippen LogP contribution in [0.1, 0.15) is 22.8 Å². The largest absolute Gasteiger partial charge is 0.478 e. The lowest BCUT2D eigenvalue weighted by Gasteiger charge is -1.98. The van der Waals surface area contributed by atoms with E-state index in [-0.39, 0.29) is 10.4 Å². The van der Waals surface area contributed by atoms with Crippen molar-refractivity contribution in [3.8, 4) is 0 Å². The summed E-state index contributed by atoms with van der Waals surface area (Å²) in [7, 11) is -2.31. The highest BCUT2D eigenvalue weighted by Crippen LogP contribution is 2.05. The van der Waals surface area contributed by atoms with Crippen LogP contribution in [0.25, 0.3) is 0 Å². The zero-order valence-corrected chi connectivity index (χ0v) is 8.21. The van der Waals surface area contributed by atoms with Crippen molar-refractivity contribution >= 4 is 21.1 Å². The van der Waals surface area contributed by atoms with Crippen molar-refractivity contribution in [1.29, 1.82) is 0 Å². The maximum absolute atomic E-state index is 10.6. The van der Waals surface area contributed by atoms with E-state index in [0.717, 1.165) is 0 Å². The molecule has 14 heavy (non-hydrogen) atoms. The van der Waals surface area contributed by atoms with Crippen molar-refractivity contribution in [1.82, 2.24) is 0 Å². The molecule has 4 nitrogen and oxygen atoms in total. The summed E-state index contributed by atoms with van der Waals surface area (Å²) in [6.45, 7) is 1.42. The summed E-state index contributed by atoms with van der Waals surface area (Å²) in [6, 6.07) is 5.80. The molecule has 5 heteroatoms. The van der Waals surface area contributed by atoms with Crippen molar-refractivity contribution in [3.63, 3.8) is 0 Å². The Kier molecular flexibility index (Phi) is 3.03. The second kappa shape index (κ2) is 4.06. The number of hydrogen-bond donors (Lipinski definition) is 1. The Hall–Kier alpha value is -1.62. The van der Waals surface area contributed by atoms with Crippen molar-refractivity contribution in [2.75, 3.05) is 0 Å². The molecule has 0 aliphatic carbocycles. The van der Waals surface area contributed by atoms with E-state index in [1.54, 1.807) is 6.07 Å². The zero-order valence-electron chi connectivity index (χ0n) is 7.39. The molecule has 0 amide bonds. The summed E-state index contributed by atoms with van der Waals surface area (Å²) in [4.78, 5) is 10.7. The summed E-state index contributed by atoms with van der Waals surface area (Å²) >= 11 is 0. The fourth-order valence-corrected chi connectivity index (χ4v) is 1.29. The molecule has 0 radical (unpaired) electrons. The van der Waals surface area contributed by atoms with Gasteiger partial charge in [-0.3, -0.25) is 0 Å². The molecule has 0 fully saturated rings. The molecule has 1 rings (SSSR count). The molecule has 74 valence electrons. The highest BCUT2D eigenvalue weighted by Gasteiger charge is 2.05. The summed E-state index contributed by atoms with van der Waals surface area (Å²) in [5, 5.41) is 8.67. The number of carboxylic acid groups (broad SMARTS) is 1. The first-order valence-electron chi connectivity index (χ1n) is 3.79.